The van der Waals surface area contributed by atoms with E-state index in [1.807, 2.05) is 18.2 Å². The number of hydrogen-bond donors (Lipinski definition) is 1. The van der Waals surface area contributed by atoms with Crippen molar-refractivity contribution in [2.24, 2.45) is 0 Å². The van der Waals surface area contributed by atoms with Crippen molar-refractivity contribution in [3.8, 4) is 0 Å². The molecular weight excluding hydrogens is 206 g/mol. The van der Waals surface area contributed by atoms with Crippen LogP contribution in [-0.4, -0.2) is 30.4 Å². The molecule has 3 rings (SSSR count). The van der Waals surface area contributed by atoms with Gasteiger partial charge in [-0.05, 0) is 11.6 Å². The molecule has 82 valence electrons. The fourth-order valence-corrected chi connectivity index (χ4v) is 2.24. The third-order valence-electron chi connectivity index (χ3n) is 2.93. The third-order valence-corrected chi connectivity index (χ3v) is 2.93. The lowest BCUT2D eigenvalue weighted by Crippen LogP contribution is -2.50. The summed E-state index contributed by atoms with van der Waals surface area (Å²) in [5, 5.41) is 2.78. The lowest BCUT2D eigenvalue weighted by Gasteiger charge is -2.38. The molecule has 16 heavy (non-hydrogen) atoms. The summed E-state index contributed by atoms with van der Waals surface area (Å²) >= 11 is 0. The van der Waals surface area contributed by atoms with Gasteiger partial charge < -0.3 is 10.2 Å². The van der Waals surface area contributed by atoms with E-state index in [9.17, 15) is 9.59 Å². The Labute approximate surface area is 92.6 Å². The summed E-state index contributed by atoms with van der Waals surface area (Å²) in [7, 11) is 1.74. The van der Waals surface area contributed by atoms with Gasteiger partial charge in [-0.2, -0.15) is 0 Å². The number of benzene rings is 1. The minimum atomic E-state index is -0.145. The number of carbonyl (C=O) groups is 2. The van der Waals surface area contributed by atoms with Gasteiger partial charge in [0.15, 0.2) is 0 Å². The molecule has 0 bridgehead atoms. The van der Waals surface area contributed by atoms with E-state index in [1.165, 1.54) is 4.90 Å². The molecule has 0 saturated heterocycles. The summed E-state index contributed by atoms with van der Waals surface area (Å²) in [5.41, 5.74) is 2.65. The number of amides is 3. The average molecular weight is 217 g/mol. The second-order valence-electron chi connectivity index (χ2n) is 4.09. The molecule has 1 aromatic carbocycles. The molecule has 0 fully saturated rings. The lowest BCUT2D eigenvalue weighted by atomic mass is 10.1. The monoisotopic (exact) mass is 217 g/mol. The standard InChI is InChI=1S/C11H11N3O2/c1-13-5-7-3-2-4-8-10(7)14(11(13)16)6-9(15)12-8/h2-4H,5-6H2,1H3,(H,12,15). The summed E-state index contributed by atoms with van der Waals surface area (Å²) in [6.07, 6.45) is 0. The van der Waals surface area contributed by atoms with Gasteiger partial charge in [0.1, 0.15) is 6.54 Å². The largest absolute Gasteiger partial charge is 0.325 e. The maximum absolute atomic E-state index is 11.9. The number of carbonyl (C=O) groups excluding carboxylic acids is 2. The number of nitrogens with one attached hydrogen (secondary N) is 1. The zero-order valence-corrected chi connectivity index (χ0v) is 8.86. The molecule has 0 aliphatic carbocycles. The summed E-state index contributed by atoms with van der Waals surface area (Å²) < 4.78 is 0. The van der Waals surface area contributed by atoms with Crippen molar-refractivity contribution in [3.05, 3.63) is 23.8 Å². The van der Waals surface area contributed by atoms with Crippen molar-refractivity contribution in [2.75, 3.05) is 23.8 Å². The summed E-state index contributed by atoms with van der Waals surface area (Å²) in [4.78, 5) is 26.5. The predicted octanol–water partition coefficient (Wildman–Crippen LogP) is 1.01. The molecule has 0 atom stereocenters. The molecule has 1 N–H and O–H groups in total. The van der Waals surface area contributed by atoms with Crippen LogP contribution in [0.15, 0.2) is 18.2 Å². The molecule has 2 aliphatic rings. The number of urea groups is 1. The Bertz CT molecular complexity index is 498. The summed E-state index contributed by atoms with van der Waals surface area (Å²) in [6, 6.07) is 5.57. The predicted molar refractivity (Wildman–Crippen MR) is 59.3 cm³/mol. The Kier molecular flexibility index (Phi) is 1.71. The van der Waals surface area contributed by atoms with Gasteiger partial charge in [0, 0.05) is 13.6 Å². The Morgan fingerprint density at radius 2 is 2.06 bits per heavy atom. The minimum absolute atomic E-state index is 0.104. The maximum atomic E-state index is 11.9. The SMILES string of the molecule is CN1Cc2cccc3c2N(CC(=O)N3)C1=O. The van der Waals surface area contributed by atoms with Crippen molar-refractivity contribution in [2.45, 2.75) is 6.54 Å². The molecule has 2 heterocycles. The van der Waals surface area contributed by atoms with Gasteiger partial charge in [-0.15, -0.1) is 0 Å². The van der Waals surface area contributed by atoms with Crippen LogP contribution in [0.25, 0.3) is 0 Å². The van der Waals surface area contributed by atoms with E-state index in [-0.39, 0.29) is 18.5 Å². The van der Waals surface area contributed by atoms with Gasteiger partial charge in [0.05, 0.1) is 11.4 Å². The second kappa shape index (κ2) is 2.98. The highest BCUT2D eigenvalue weighted by Gasteiger charge is 2.34. The van der Waals surface area contributed by atoms with Crippen LogP contribution >= 0.6 is 0 Å². The van der Waals surface area contributed by atoms with Crippen molar-refractivity contribution in [1.82, 2.24) is 4.90 Å². The van der Waals surface area contributed by atoms with Gasteiger partial charge in [-0.3, -0.25) is 9.69 Å². The van der Waals surface area contributed by atoms with Crippen molar-refractivity contribution in [1.29, 1.82) is 0 Å². The number of hydrogen-bond acceptors (Lipinski definition) is 2. The number of para-hydroxylation sites is 1. The molecule has 0 aromatic heterocycles. The average Bonchev–Trinajstić information content (AvgIpc) is 2.25. The molecule has 3 amide bonds. The van der Waals surface area contributed by atoms with E-state index in [1.54, 1.807) is 11.9 Å². The van der Waals surface area contributed by atoms with Crippen LogP contribution in [-0.2, 0) is 11.3 Å². The number of anilines is 2. The van der Waals surface area contributed by atoms with Crippen LogP contribution in [0.5, 0.6) is 0 Å². The normalized spacial score (nSPS) is 18.3. The minimum Gasteiger partial charge on any atom is -0.323 e. The smallest absolute Gasteiger partial charge is 0.323 e. The van der Waals surface area contributed by atoms with Gasteiger partial charge in [0.25, 0.3) is 0 Å². The van der Waals surface area contributed by atoms with Crippen LogP contribution in [0, 0.1) is 0 Å². The third kappa shape index (κ3) is 1.11. The van der Waals surface area contributed by atoms with Gasteiger partial charge >= 0.3 is 6.03 Å². The van der Waals surface area contributed by atoms with E-state index in [0.29, 0.717) is 6.54 Å². The van der Waals surface area contributed by atoms with Crippen LogP contribution in [0.2, 0.25) is 0 Å². The quantitative estimate of drug-likeness (QED) is 0.705. The molecular formula is C11H11N3O2. The summed E-state index contributed by atoms with van der Waals surface area (Å²) in [6.45, 7) is 0.696. The molecule has 5 heteroatoms. The Balaban J connectivity index is 2.22. The highest BCUT2D eigenvalue weighted by atomic mass is 16.2. The number of rotatable bonds is 0. The fourth-order valence-electron chi connectivity index (χ4n) is 2.24. The van der Waals surface area contributed by atoms with Crippen LogP contribution < -0.4 is 10.2 Å². The lowest BCUT2D eigenvalue weighted by molar-refractivity contribution is -0.115. The molecule has 5 nitrogen and oxygen atoms in total. The molecule has 0 radical (unpaired) electrons. The van der Waals surface area contributed by atoms with Gasteiger partial charge in [-0.25, -0.2) is 4.79 Å². The van der Waals surface area contributed by atoms with Crippen molar-refractivity contribution in [3.63, 3.8) is 0 Å². The van der Waals surface area contributed by atoms with Crippen molar-refractivity contribution >= 4 is 23.3 Å². The first kappa shape index (κ1) is 9.21. The van der Waals surface area contributed by atoms with Crippen LogP contribution in [0.4, 0.5) is 16.2 Å². The molecule has 1 aromatic rings. The zero-order valence-electron chi connectivity index (χ0n) is 8.86. The van der Waals surface area contributed by atoms with E-state index >= 15 is 0 Å². The highest BCUT2D eigenvalue weighted by Crippen LogP contribution is 2.37. The zero-order chi connectivity index (χ0) is 11.3. The van der Waals surface area contributed by atoms with E-state index in [0.717, 1.165) is 16.9 Å². The first-order valence-electron chi connectivity index (χ1n) is 5.11. The first-order valence-corrected chi connectivity index (χ1v) is 5.11. The van der Waals surface area contributed by atoms with Crippen molar-refractivity contribution < 1.29 is 9.59 Å². The summed E-state index contributed by atoms with van der Waals surface area (Å²) in [5.74, 6) is -0.145. The Morgan fingerprint density at radius 1 is 1.25 bits per heavy atom. The molecule has 2 aliphatic heterocycles. The van der Waals surface area contributed by atoms with Crippen LogP contribution in [0.3, 0.4) is 0 Å². The van der Waals surface area contributed by atoms with Gasteiger partial charge in [-0.1, -0.05) is 12.1 Å². The maximum Gasteiger partial charge on any atom is 0.325 e. The van der Waals surface area contributed by atoms with E-state index in [2.05, 4.69) is 5.32 Å². The van der Waals surface area contributed by atoms with E-state index < -0.39 is 0 Å². The van der Waals surface area contributed by atoms with E-state index in [4.69, 9.17) is 0 Å². The van der Waals surface area contributed by atoms with Gasteiger partial charge in [0.2, 0.25) is 5.91 Å². The highest BCUT2D eigenvalue weighted by molar-refractivity contribution is 6.11. The first-order chi connectivity index (χ1) is 7.66. The topological polar surface area (TPSA) is 52.6 Å². The Hall–Kier alpha value is -2.04. The fraction of sp³-hybridized carbons (Fsp3) is 0.273. The number of nitrogens with zero attached hydrogens (tertiary/aromatic N) is 2. The molecule has 0 unspecified atom stereocenters. The molecule has 0 spiro atoms. The molecule has 0 saturated carbocycles. The Morgan fingerprint density at radius 3 is 2.88 bits per heavy atom. The second-order valence-corrected chi connectivity index (χ2v) is 4.09. The van der Waals surface area contributed by atoms with Crippen LogP contribution in [0.1, 0.15) is 5.56 Å².